The van der Waals surface area contributed by atoms with Crippen molar-refractivity contribution >= 4 is 28.1 Å². The van der Waals surface area contributed by atoms with Crippen molar-refractivity contribution in [3.8, 4) is 5.95 Å². The van der Waals surface area contributed by atoms with E-state index >= 15 is 0 Å². The number of piperidine rings is 1. The first-order valence-corrected chi connectivity index (χ1v) is 14.4. The summed E-state index contributed by atoms with van der Waals surface area (Å²) < 4.78 is 4.13. The first-order valence-electron chi connectivity index (χ1n) is 14.4. The van der Waals surface area contributed by atoms with Gasteiger partial charge in [0.15, 0.2) is 5.82 Å². The zero-order valence-corrected chi connectivity index (χ0v) is 22.9. The summed E-state index contributed by atoms with van der Waals surface area (Å²) in [5.41, 5.74) is 11.4. The number of aryl methyl sites for hydroxylation is 1. The number of carbonyl (C=O) groups excluding carboxylic acids is 1. The second-order valence-corrected chi connectivity index (χ2v) is 11.4. The molecule has 3 N–H and O–H groups in total. The summed E-state index contributed by atoms with van der Waals surface area (Å²) in [7, 11) is 0. The third-order valence-electron chi connectivity index (χ3n) is 8.46. The molecular weight excluding hydrogens is 498 g/mol. The lowest BCUT2D eigenvalue weighted by Gasteiger charge is -2.32. The summed E-state index contributed by atoms with van der Waals surface area (Å²) in [6.07, 6.45) is 5.12. The Morgan fingerprint density at radius 1 is 1.02 bits per heavy atom. The number of nitrogens with two attached hydrogens (primary N) is 1. The largest absolute Gasteiger partial charge is 0.366 e. The number of benzene rings is 2. The van der Waals surface area contributed by atoms with Crippen LogP contribution < -0.4 is 11.1 Å². The van der Waals surface area contributed by atoms with Crippen LogP contribution in [0.2, 0.25) is 0 Å². The topological polar surface area (TPSA) is 93.5 Å². The normalized spacial score (nSPS) is 18.0. The van der Waals surface area contributed by atoms with Crippen LogP contribution in [-0.4, -0.2) is 49.6 Å². The van der Waals surface area contributed by atoms with Crippen LogP contribution >= 0.6 is 0 Å². The Bertz CT molecular complexity index is 1700. The van der Waals surface area contributed by atoms with Gasteiger partial charge in [-0.1, -0.05) is 36.4 Å². The number of hydrogen-bond acceptors (Lipinski definition) is 5. The fourth-order valence-electron chi connectivity index (χ4n) is 6.29. The van der Waals surface area contributed by atoms with Crippen LogP contribution in [0.4, 0.5) is 5.82 Å². The van der Waals surface area contributed by atoms with E-state index in [1.54, 1.807) is 6.07 Å². The smallest absolute Gasteiger partial charge is 0.254 e. The molecule has 2 aromatic carbocycles. The number of anilines is 1. The molecule has 1 saturated heterocycles. The van der Waals surface area contributed by atoms with Gasteiger partial charge < -0.3 is 16.0 Å². The van der Waals surface area contributed by atoms with Crippen LogP contribution in [0.5, 0.6) is 0 Å². The van der Waals surface area contributed by atoms with Crippen molar-refractivity contribution in [2.24, 2.45) is 11.7 Å². The molecule has 2 fully saturated rings. The molecular formula is C32H35N7O. The van der Waals surface area contributed by atoms with E-state index < -0.39 is 5.91 Å². The molecule has 8 nitrogen and oxygen atoms in total. The van der Waals surface area contributed by atoms with Crippen LogP contribution in [0, 0.1) is 12.8 Å². The van der Waals surface area contributed by atoms with E-state index in [2.05, 4.69) is 51.1 Å². The molecule has 1 saturated carbocycles. The molecule has 204 valence electrons. The number of rotatable bonds is 8. The molecule has 5 aromatic rings. The molecule has 1 amide bonds. The number of aromatic nitrogens is 4. The zero-order valence-electron chi connectivity index (χ0n) is 22.9. The number of nitrogens with zero attached hydrogens (tertiary/aromatic N) is 5. The van der Waals surface area contributed by atoms with Crippen LogP contribution in [0.3, 0.4) is 0 Å². The van der Waals surface area contributed by atoms with E-state index in [-0.39, 0.29) is 0 Å². The van der Waals surface area contributed by atoms with Crippen molar-refractivity contribution in [1.29, 1.82) is 0 Å². The number of hydrogen-bond donors (Lipinski definition) is 2. The Morgan fingerprint density at radius 2 is 1.88 bits per heavy atom. The summed E-state index contributed by atoms with van der Waals surface area (Å²) >= 11 is 0. The van der Waals surface area contributed by atoms with Gasteiger partial charge in [-0.25, -0.2) is 4.52 Å². The number of likely N-dealkylation sites (tertiary alicyclic amines) is 1. The van der Waals surface area contributed by atoms with E-state index in [1.807, 2.05) is 35.8 Å². The van der Waals surface area contributed by atoms with E-state index in [0.717, 1.165) is 46.8 Å². The second-order valence-electron chi connectivity index (χ2n) is 11.4. The van der Waals surface area contributed by atoms with Gasteiger partial charge in [-0.05, 0) is 81.0 Å². The number of fused-ring (bicyclic) bond motifs is 2. The van der Waals surface area contributed by atoms with Crippen molar-refractivity contribution in [3.05, 3.63) is 89.2 Å². The fourth-order valence-corrected chi connectivity index (χ4v) is 6.29. The Labute approximate surface area is 233 Å². The predicted molar refractivity (Wildman–Crippen MR) is 158 cm³/mol. The molecule has 4 heterocycles. The summed E-state index contributed by atoms with van der Waals surface area (Å²) in [4.78, 5) is 19.9. The van der Waals surface area contributed by atoms with E-state index in [9.17, 15) is 4.79 Å². The Balaban J connectivity index is 1.34. The van der Waals surface area contributed by atoms with Gasteiger partial charge in [0.1, 0.15) is 5.52 Å². The molecule has 1 aliphatic carbocycles. The van der Waals surface area contributed by atoms with Crippen molar-refractivity contribution < 1.29 is 4.79 Å². The zero-order chi connectivity index (χ0) is 27.2. The van der Waals surface area contributed by atoms with Crippen LogP contribution in [0.1, 0.15) is 58.9 Å². The number of primary amides is 1. The fraction of sp³-hybridized carbons (Fsp3) is 0.344. The van der Waals surface area contributed by atoms with Gasteiger partial charge in [0.25, 0.3) is 5.95 Å². The highest BCUT2D eigenvalue weighted by atomic mass is 16.1. The molecule has 0 spiro atoms. The Kier molecular flexibility index (Phi) is 6.27. The average Bonchev–Trinajstić information content (AvgIpc) is 3.56. The SMILES string of the molecule is Cc1cc2c(C(N)=O)cccc2n1-c1nc(NCc2ccccc2)c2ccc(C3CCCN(CC4CC4)C3)n2n1. The summed E-state index contributed by atoms with van der Waals surface area (Å²) in [6, 6.07) is 22.4. The molecule has 2 aliphatic rings. The highest BCUT2D eigenvalue weighted by Gasteiger charge is 2.30. The van der Waals surface area contributed by atoms with Gasteiger partial charge in [0, 0.05) is 47.9 Å². The van der Waals surface area contributed by atoms with Gasteiger partial charge in [-0.15, -0.1) is 5.10 Å². The molecule has 3 aromatic heterocycles. The monoisotopic (exact) mass is 533 g/mol. The van der Waals surface area contributed by atoms with Gasteiger partial charge in [0.05, 0.1) is 5.52 Å². The summed E-state index contributed by atoms with van der Waals surface area (Å²) in [5.74, 6) is 2.23. The molecule has 0 bridgehead atoms. The van der Waals surface area contributed by atoms with Gasteiger partial charge in [-0.3, -0.25) is 9.36 Å². The molecule has 1 unspecified atom stereocenters. The van der Waals surface area contributed by atoms with Crippen LogP contribution in [0.15, 0.2) is 66.7 Å². The third kappa shape index (κ3) is 4.62. The van der Waals surface area contributed by atoms with Gasteiger partial charge in [-0.2, -0.15) is 4.98 Å². The molecule has 0 radical (unpaired) electrons. The highest BCUT2D eigenvalue weighted by molar-refractivity contribution is 6.06. The van der Waals surface area contributed by atoms with Crippen molar-refractivity contribution in [3.63, 3.8) is 0 Å². The average molecular weight is 534 g/mol. The van der Waals surface area contributed by atoms with Gasteiger partial charge >= 0.3 is 0 Å². The van der Waals surface area contributed by atoms with E-state index in [4.69, 9.17) is 15.8 Å². The van der Waals surface area contributed by atoms with Crippen LogP contribution in [0.25, 0.3) is 22.4 Å². The second kappa shape index (κ2) is 10.1. The van der Waals surface area contributed by atoms with Crippen LogP contribution in [-0.2, 0) is 6.54 Å². The molecule has 40 heavy (non-hydrogen) atoms. The third-order valence-corrected chi connectivity index (χ3v) is 8.46. The standard InChI is InChI=1S/C32H35N7O/c1-21-17-26-25(30(33)40)10-5-11-28(26)38(21)32-35-31(34-18-22-7-3-2-4-8-22)29-15-14-27(39(29)36-32)24-9-6-16-37(20-24)19-23-12-13-23/h2-5,7-8,10-11,14-15,17,23-24H,6,9,12-13,16,18-20H2,1H3,(H2,33,40)(H,34,35,36). The minimum Gasteiger partial charge on any atom is -0.366 e. The first-order chi connectivity index (χ1) is 19.5. The first kappa shape index (κ1) is 24.8. The summed E-state index contributed by atoms with van der Waals surface area (Å²) in [5, 5.41) is 9.55. The highest BCUT2D eigenvalue weighted by Crippen LogP contribution is 2.35. The number of carbonyl (C=O) groups is 1. The number of amides is 1. The maximum absolute atomic E-state index is 12.2. The minimum atomic E-state index is -0.440. The predicted octanol–water partition coefficient (Wildman–Crippen LogP) is 5.28. The summed E-state index contributed by atoms with van der Waals surface area (Å²) in [6.45, 7) is 6.16. The maximum Gasteiger partial charge on any atom is 0.254 e. The molecule has 1 atom stereocenters. The van der Waals surface area contributed by atoms with Gasteiger partial charge in [0.2, 0.25) is 5.91 Å². The lowest BCUT2D eigenvalue weighted by molar-refractivity contribution is 0.100. The number of nitrogens with one attached hydrogen (secondary N) is 1. The molecule has 1 aliphatic heterocycles. The quantitative estimate of drug-likeness (QED) is 0.283. The van der Waals surface area contributed by atoms with Crippen molar-refractivity contribution in [1.82, 2.24) is 24.1 Å². The molecule has 7 rings (SSSR count). The Hall–Kier alpha value is -4.17. The lowest BCUT2D eigenvalue weighted by Crippen LogP contribution is -2.36. The minimum absolute atomic E-state index is 0.420. The lowest BCUT2D eigenvalue weighted by atomic mass is 9.95. The van der Waals surface area contributed by atoms with Crippen molar-refractivity contribution in [2.45, 2.75) is 45.1 Å². The molecule has 8 heteroatoms. The van der Waals surface area contributed by atoms with E-state index in [0.29, 0.717) is 24.0 Å². The Morgan fingerprint density at radius 3 is 2.67 bits per heavy atom. The maximum atomic E-state index is 12.2. The van der Waals surface area contributed by atoms with Crippen molar-refractivity contribution in [2.75, 3.05) is 25.0 Å². The van der Waals surface area contributed by atoms with E-state index in [1.165, 1.54) is 43.6 Å².